The molecule has 118 valence electrons. The number of hydrogen-bond acceptors (Lipinski definition) is 2. The third kappa shape index (κ3) is 3.06. The minimum Gasteiger partial charge on any atom is -0.447 e. The summed E-state index contributed by atoms with van der Waals surface area (Å²) in [6.07, 6.45) is 1.07. The molecular formula is C22H18OS. The zero-order chi connectivity index (χ0) is 16.4. The zero-order valence-electron chi connectivity index (χ0n) is 13.5. The van der Waals surface area contributed by atoms with Crippen molar-refractivity contribution >= 4 is 21.4 Å². The van der Waals surface area contributed by atoms with Gasteiger partial charge in [-0.1, -0.05) is 72.9 Å². The van der Waals surface area contributed by atoms with Crippen LogP contribution in [-0.4, -0.2) is 0 Å². The molecule has 0 bridgehead atoms. The molecule has 24 heavy (non-hydrogen) atoms. The Morgan fingerprint density at radius 1 is 0.792 bits per heavy atom. The fraction of sp³-hybridized carbons (Fsp3) is 0.0909. The highest BCUT2D eigenvalue weighted by molar-refractivity contribution is 7.20. The quantitative estimate of drug-likeness (QED) is 0.394. The van der Waals surface area contributed by atoms with Crippen LogP contribution in [0, 0.1) is 0 Å². The van der Waals surface area contributed by atoms with E-state index in [0.717, 1.165) is 17.2 Å². The van der Waals surface area contributed by atoms with Crippen LogP contribution in [0.1, 0.15) is 12.5 Å². The van der Waals surface area contributed by atoms with Crippen LogP contribution in [0.5, 0.6) is 10.8 Å². The van der Waals surface area contributed by atoms with Gasteiger partial charge in [-0.05, 0) is 46.7 Å². The first-order valence-corrected chi connectivity index (χ1v) is 8.99. The number of fused-ring (bicyclic) bond motifs is 1. The van der Waals surface area contributed by atoms with E-state index < -0.39 is 0 Å². The second-order valence-corrected chi connectivity index (χ2v) is 6.83. The first kappa shape index (κ1) is 15.0. The van der Waals surface area contributed by atoms with Crippen LogP contribution in [0.25, 0.3) is 21.2 Å². The van der Waals surface area contributed by atoms with Crippen molar-refractivity contribution in [1.29, 1.82) is 0 Å². The summed E-state index contributed by atoms with van der Waals surface area (Å²) < 4.78 is 7.21. The van der Waals surface area contributed by atoms with E-state index in [4.69, 9.17) is 4.74 Å². The number of hydrogen-bond donors (Lipinski definition) is 0. The standard InChI is InChI=1S/C22H18OS/c1-2-16-8-10-17(11-9-16)18-12-13-19-15-22(24-21(19)14-18)23-20-6-4-3-5-7-20/h3-15H,2H2,1H3. The number of rotatable bonds is 4. The second kappa shape index (κ2) is 6.50. The molecule has 3 aromatic carbocycles. The molecule has 1 aromatic heterocycles. The second-order valence-electron chi connectivity index (χ2n) is 5.78. The molecule has 0 N–H and O–H groups in total. The summed E-state index contributed by atoms with van der Waals surface area (Å²) in [5.41, 5.74) is 3.88. The largest absolute Gasteiger partial charge is 0.447 e. The molecule has 0 saturated heterocycles. The first-order valence-electron chi connectivity index (χ1n) is 8.17. The predicted molar refractivity (Wildman–Crippen MR) is 103 cm³/mol. The lowest BCUT2D eigenvalue weighted by molar-refractivity contribution is 0.497. The molecule has 0 atom stereocenters. The Bertz CT molecular complexity index is 952. The maximum Gasteiger partial charge on any atom is 0.182 e. The van der Waals surface area contributed by atoms with Gasteiger partial charge in [0, 0.05) is 10.8 Å². The van der Waals surface area contributed by atoms with E-state index in [1.54, 1.807) is 11.3 Å². The minimum atomic E-state index is 0.874. The molecule has 0 aliphatic carbocycles. The summed E-state index contributed by atoms with van der Waals surface area (Å²) >= 11 is 1.69. The highest BCUT2D eigenvalue weighted by atomic mass is 32.1. The molecule has 0 unspecified atom stereocenters. The summed E-state index contributed by atoms with van der Waals surface area (Å²) in [5, 5.41) is 2.15. The molecule has 0 aliphatic heterocycles. The zero-order valence-corrected chi connectivity index (χ0v) is 14.3. The van der Waals surface area contributed by atoms with Crippen molar-refractivity contribution in [2.24, 2.45) is 0 Å². The molecule has 1 heterocycles. The Balaban J connectivity index is 1.65. The topological polar surface area (TPSA) is 9.23 Å². The van der Waals surface area contributed by atoms with Crippen LogP contribution in [-0.2, 0) is 6.42 Å². The highest BCUT2D eigenvalue weighted by Crippen LogP contribution is 2.36. The van der Waals surface area contributed by atoms with Crippen LogP contribution in [0.4, 0.5) is 0 Å². The van der Waals surface area contributed by atoms with Crippen molar-refractivity contribution in [1.82, 2.24) is 0 Å². The molecule has 0 radical (unpaired) electrons. The maximum atomic E-state index is 5.96. The summed E-state index contributed by atoms with van der Waals surface area (Å²) in [7, 11) is 0. The van der Waals surface area contributed by atoms with Gasteiger partial charge in [-0.15, -0.1) is 0 Å². The van der Waals surface area contributed by atoms with Crippen molar-refractivity contribution in [2.75, 3.05) is 0 Å². The van der Waals surface area contributed by atoms with Gasteiger partial charge >= 0.3 is 0 Å². The number of aryl methyl sites for hydroxylation is 1. The summed E-state index contributed by atoms with van der Waals surface area (Å²) in [5.74, 6) is 0.874. The monoisotopic (exact) mass is 330 g/mol. The van der Waals surface area contributed by atoms with Gasteiger partial charge in [0.05, 0.1) is 0 Å². The van der Waals surface area contributed by atoms with Gasteiger partial charge in [0.2, 0.25) is 0 Å². The highest BCUT2D eigenvalue weighted by Gasteiger charge is 2.06. The van der Waals surface area contributed by atoms with Crippen LogP contribution in [0.3, 0.4) is 0 Å². The smallest absolute Gasteiger partial charge is 0.182 e. The third-order valence-electron chi connectivity index (χ3n) is 4.15. The fourth-order valence-electron chi connectivity index (χ4n) is 2.77. The van der Waals surface area contributed by atoms with E-state index in [1.807, 2.05) is 30.3 Å². The van der Waals surface area contributed by atoms with Crippen molar-refractivity contribution in [2.45, 2.75) is 13.3 Å². The number of benzene rings is 3. The lowest BCUT2D eigenvalue weighted by Gasteiger charge is -2.03. The summed E-state index contributed by atoms with van der Waals surface area (Å²) in [4.78, 5) is 0. The molecule has 0 saturated carbocycles. The van der Waals surface area contributed by atoms with Crippen molar-refractivity contribution in [3.63, 3.8) is 0 Å². The number of para-hydroxylation sites is 1. The molecule has 2 heteroatoms. The van der Waals surface area contributed by atoms with Gasteiger partial charge in [0.1, 0.15) is 5.75 Å². The van der Waals surface area contributed by atoms with E-state index in [2.05, 4.69) is 55.5 Å². The minimum absolute atomic E-state index is 0.874. The van der Waals surface area contributed by atoms with Gasteiger partial charge in [-0.2, -0.15) is 0 Å². The fourth-order valence-corrected chi connectivity index (χ4v) is 3.75. The Morgan fingerprint density at radius 2 is 1.54 bits per heavy atom. The lowest BCUT2D eigenvalue weighted by Crippen LogP contribution is -1.81. The molecule has 4 rings (SSSR count). The Morgan fingerprint density at radius 3 is 2.29 bits per heavy atom. The van der Waals surface area contributed by atoms with Gasteiger partial charge < -0.3 is 4.74 Å². The lowest BCUT2D eigenvalue weighted by atomic mass is 10.0. The molecule has 4 aromatic rings. The van der Waals surface area contributed by atoms with E-state index in [9.17, 15) is 0 Å². The van der Waals surface area contributed by atoms with Gasteiger partial charge in [0.25, 0.3) is 0 Å². The summed E-state index contributed by atoms with van der Waals surface area (Å²) in [6, 6.07) is 27.5. The van der Waals surface area contributed by atoms with Crippen molar-refractivity contribution in [3.05, 3.63) is 84.4 Å². The molecule has 0 amide bonds. The number of thiophene rings is 1. The van der Waals surface area contributed by atoms with E-state index in [-0.39, 0.29) is 0 Å². The number of ether oxygens (including phenoxy) is 1. The molecule has 1 nitrogen and oxygen atoms in total. The Kier molecular flexibility index (Phi) is 4.06. The maximum absolute atomic E-state index is 5.96. The summed E-state index contributed by atoms with van der Waals surface area (Å²) in [6.45, 7) is 2.18. The van der Waals surface area contributed by atoms with Crippen LogP contribution >= 0.6 is 11.3 Å². The first-order chi connectivity index (χ1) is 11.8. The SMILES string of the molecule is CCc1ccc(-c2ccc3cc(Oc4ccccc4)sc3c2)cc1. The van der Waals surface area contributed by atoms with Crippen LogP contribution < -0.4 is 4.74 Å². The molecular weight excluding hydrogens is 312 g/mol. The Hall–Kier alpha value is -2.58. The average Bonchev–Trinajstić information content (AvgIpc) is 3.04. The van der Waals surface area contributed by atoms with Crippen LogP contribution in [0.2, 0.25) is 0 Å². The molecule has 0 fully saturated rings. The normalized spacial score (nSPS) is 10.9. The van der Waals surface area contributed by atoms with Crippen molar-refractivity contribution < 1.29 is 4.74 Å². The average molecular weight is 330 g/mol. The van der Waals surface area contributed by atoms with E-state index in [1.165, 1.54) is 26.8 Å². The van der Waals surface area contributed by atoms with E-state index >= 15 is 0 Å². The Labute approximate surface area is 146 Å². The van der Waals surface area contributed by atoms with Gasteiger partial charge in [-0.25, -0.2) is 0 Å². The van der Waals surface area contributed by atoms with E-state index in [0.29, 0.717) is 0 Å². The predicted octanol–water partition coefficient (Wildman–Crippen LogP) is 6.92. The van der Waals surface area contributed by atoms with Crippen LogP contribution in [0.15, 0.2) is 78.9 Å². The van der Waals surface area contributed by atoms with Gasteiger partial charge in [0.15, 0.2) is 5.06 Å². The van der Waals surface area contributed by atoms with Gasteiger partial charge in [-0.3, -0.25) is 0 Å². The third-order valence-corrected chi connectivity index (χ3v) is 5.13. The molecule has 0 aliphatic rings. The molecule has 0 spiro atoms. The van der Waals surface area contributed by atoms with Crippen molar-refractivity contribution in [3.8, 4) is 21.9 Å².